The third kappa shape index (κ3) is 6.93. The minimum atomic E-state index is -0.316. The molecule has 0 radical (unpaired) electrons. The van der Waals surface area contributed by atoms with E-state index in [-0.39, 0.29) is 11.5 Å². The SMILES string of the molecule is C=C(C)C(=O)OCCCCCCSc1nc(=O)ccn1CC. The van der Waals surface area contributed by atoms with Crippen LogP contribution >= 0.6 is 11.8 Å². The molecule has 1 heterocycles. The number of ether oxygens (including phenoxy) is 1. The highest BCUT2D eigenvalue weighted by molar-refractivity contribution is 7.99. The molecule has 0 aliphatic rings. The summed E-state index contributed by atoms with van der Waals surface area (Å²) in [5.41, 5.74) is 0.250. The van der Waals surface area contributed by atoms with Crippen molar-refractivity contribution in [3.05, 3.63) is 34.8 Å². The normalized spacial score (nSPS) is 10.5. The van der Waals surface area contributed by atoms with Crippen LogP contribution in [0.5, 0.6) is 0 Å². The maximum absolute atomic E-state index is 11.3. The molecule has 22 heavy (non-hydrogen) atoms. The predicted molar refractivity (Wildman–Crippen MR) is 89.1 cm³/mol. The summed E-state index contributed by atoms with van der Waals surface area (Å²) in [5, 5.41) is 0.783. The van der Waals surface area contributed by atoms with Gasteiger partial charge in [0.05, 0.1) is 6.61 Å². The standard InChI is InChI=1S/C16H24N2O3S/c1-4-18-10-9-14(19)17-16(18)22-12-8-6-5-7-11-21-15(20)13(2)3/h9-10H,2,4-8,11-12H2,1,3H3. The summed E-state index contributed by atoms with van der Waals surface area (Å²) >= 11 is 1.61. The zero-order valence-corrected chi connectivity index (χ0v) is 14.2. The van der Waals surface area contributed by atoms with Gasteiger partial charge in [-0.1, -0.05) is 31.2 Å². The number of nitrogens with zero attached hydrogens (tertiary/aromatic N) is 2. The number of aryl methyl sites for hydroxylation is 1. The zero-order chi connectivity index (χ0) is 16.4. The van der Waals surface area contributed by atoms with E-state index in [0.29, 0.717) is 12.2 Å². The Kier molecular flexibility index (Phi) is 8.58. The number of thioether (sulfide) groups is 1. The summed E-state index contributed by atoms with van der Waals surface area (Å²) in [6.07, 6.45) is 5.79. The molecule has 0 N–H and O–H groups in total. The molecule has 122 valence electrons. The number of carbonyl (C=O) groups excluding carboxylic acids is 1. The molecule has 0 bridgehead atoms. The van der Waals surface area contributed by atoms with E-state index in [1.165, 1.54) is 6.07 Å². The lowest BCUT2D eigenvalue weighted by atomic mass is 10.2. The van der Waals surface area contributed by atoms with Crippen LogP contribution in [-0.4, -0.2) is 27.9 Å². The first-order valence-corrected chi connectivity index (χ1v) is 8.56. The van der Waals surface area contributed by atoms with Crippen LogP contribution in [0.3, 0.4) is 0 Å². The van der Waals surface area contributed by atoms with Crippen molar-refractivity contribution in [3.63, 3.8) is 0 Å². The van der Waals surface area contributed by atoms with E-state index < -0.39 is 0 Å². The monoisotopic (exact) mass is 324 g/mol. The molecule has 0 aliphatic heterocycles. The topological polar surface area (TPSA) is 61.2 Å². The van der Waals surface area contributed by atoms with E-state index in [0.717, 1.165) is 43.1 Å². The number of carbonyl (C=O) groups is 1. The van der Waals surface area contributed by atoms with Crippen molar-refractivity contribution in [2.45, 2.75) is 51.2 Å². The Balaban J connectivity index is 2.13. The number of hydrogen-bond donors (Lipinski definition) is 0. The Morgan fingerprint density at radius 2 is 2.09 bits per heavy atom. The van der Waals surface area contributed by atoms with E-state index in [1.807, 2.05) is 11.5 Å². The number of rotatable bonds is 10. The largest absolute Gasteiger partial charge is 0.462 e. The first-order valence-electron chi connectivity index (χ1n) is 7.57. The Bertz CT molecular complexity index is 555. The van der Waals surface area contributed by atoms with Crippen LogP contribution in [0.1, 0.15) is 39.5 Å². The highest BCUT2D eigenvalue weighted by atomic mass is 32.2. The average molecular weight is 324 g/mol. The molecule has 0 spiro atoms. The number of unbranched alkanes of at least 4 members (excludes halogenated alkanes) is 3. The maximum Gasteiger partial charge on any atom is 0.333 e. The van der Waals surface area contributed by atoms with Gasteiger partial charge in [-0.15, -0.1) is 0 Å². The highest BCUT2D eigenvalue weighted by Gasteiger charge is 2.03. The molecule has 6 heteroatoms. The molecule has 0 saturated carbocycles. The first kappa shape index (κ1) is 18.5. The van der Waals surface area contributed by atoms with Gasteiger partial charge < -0.3 is 9.30 Å². The van der Waals surface area contributed by atoms with E-state index in [9.17, 15) is 9.59 Å². The van der Waals surface area contributed by atoms with Crippen molar-refractivity contribution < 1.29 is 9.53 Å². The Morgan fingerprint density at radius 1 is 1.36 bits per heavy atom. The van der Waals surface area contributed by atoms with Crippen LogP contribution < -0.4 is 5.56 Å². The molecule has 1 rings (SSSR count). The van der Waals surface area contributed by atoms with Crippen molar-refractivity contribution in [1.29, 1.82) is 0 Å². The second-order valence-electron chi connectivity index (χ2n) is 5.01. The number of esters is 1. The molecule has 0 aliphatic carbocycles. The summed E-state index contributed by atoms with van der Waals surface area (Å²) in [6.45, 7) is 8.47. The Labute approximate surface area is 135 Å². The van der Waals surface area contributed by atoms with E-state index in [4.69, 9.17) is 4.74 Å². The lowest BCUT2D eigenvalue weighted by Crippen LogP contribution is -2.12. The van der Waals surface area contributed by atoms with Gasteiger partial charge >= 0.3 is 5.97 Å². The second kappa shape index (κ2) is 10.2. The van der Waals surface area contributed by atoms with Crippen LogP contribution in [-0.2, 0) is 16.1 Å². The molecular weight excluding hydrogens is 300 g/mol. The summed E-state index contributed by atoms with van der Waals surface area (Å²) in [6, 6.07) is 1.49. The van der Waals surface area contributed by atoms with Gasteiger partial charge in [-0.3, -0.25) is 4.79 Å². The van der Waals surface area contributed by atoms with Gasteiger partial charge in [0.2, 0.25) is 0 Å². The van der Waals surface area contributed by atoms with Gasteiger partial charge in [-0.2, -0.15) is 4.98 Å². The molecule has 5 nitrogen and oxygen atoms in total. The highest BCUT2D eigenvalue weighted by Crippen LogP contribution is 2.16. The lowest BCUT2D eigenvalue weighted by molar-refractivity contribution is -0.139. The van der Waals surface area contributed by atoms with Crippen molar-refractivity contribution in [1.82, 2.24) is 9.55 Å². The third-order valence-electron chi connectivity index (χ3n) is 3.04. The first-order chi connectivity index (χ1) is 10.5. The Hall–Kier alpha value is -1.56. The fourth-order valence-corrected chi connectivity index (χ4v) is 2.82. The van der Waals surface area contributed by atoms with Crippen LogP contribution in [0, 0.1) is 0 Å². The maximum atomic E-state index is 11.3. The number of aromatic nitrogens is 2. The molecule has 0 atom stereocenters. The van der Waals surface area contributed by atoms with Gasteiger partial charge in [0.1, 0.15) is 0 Å². The zero-order valence-electron chi connectivity index (χ0n) is 13.3. The molecule has 0 aromatic carbocycles. The number of hydrogen-bond acceptors (Lipinski definition) is 5. The summed E-state index contributed by atoms with van der Waals surface area (Å²) in [7, 11) is 0. The van der Waals surface area contributed by atoms with Crippen molar-refractivity contribution in [3.8, 4) is 0 Å². The second-order valence-corrected chi connectivity index (χ2v) is 6.08. The van der Waals surface area contributed by atoms with Crippen molar-refractivity contribution >= 4 is 17.7 Å². The molecule has 0 unspecified atom stereocenters. The average Bonchev–Trinajstić information content (AvgIpc) is 2.49. The van der Waals surface area contributed by atoms with Crippen LogP contribution in [0.15, 0.2) is 34.4 Å². The Morgan fingerprint density at radius 3 is 2.77 bits per heavy atom. The minimum Gasteiger partial charge on any atom is -0.462 e. The van der Waals surface area contributed by atoms with Crippen LogP contribution in [0.25, 0.3) is 0 Å². The molecule has 0 saturated heterocycles. The van der Waals surface area contributed by atoms with Gasteiger partial charge in [0, 0.05) is 30.1 Å². The third-order valence-corrected chi connectivity index (χ3v) is 4.12. The van der Waals surface area contributed by atoms with Gasteiger partial charge in [-0.05, 0) is 26.7 Å². The van der Waals surface area contributed by atoms with Gasteiger partial charge in [0.15, 0.2) is 5.16 Å². The van der Waals surface area contributed by atoms with E-state index in [1.54, 1.807) is 24.9 Å². The van der Waals surface area contributed by atoms with E-state index >= 15 is 0 Å². The quantitative estimate of drug-likeness (QED) is 0.218. The molecular formula is C16H24N2O3S. The lowest BCUT2D eigenvalue weighted by Gasteiger charge is -2.08. The van der Waals surface area contributed by atoms with Crippen LogP contribution in [0.2, 0.25) is 0 Å². The van der Waals surface area contributed by atoms with Gasteiger partial charge in [-0.25, -0.2) is 4.79 Å². The van der Waals surface area contributed by atoms with E-state index in [2.05, 4.69) is 11.6 Å². The summed E-state index contributed by atoms with van der Waals surface area (Å²) in [4.78, 5) is 26.5. The fourth-order valence-electron chi connectivity index (χ4n) is 1.78. The summed E-state index contributed by atoms with van der Waals surface area (Å²) in [5.74, 6) is 0.616. The molecule has 0 amide bonds. The molecule has 1 aromatic rings. The predicted octanol–water partition coefficient (Wildman–Crippen LogP) is 3.04. The summed E-state index contributed by atoms with van der Waals surface area (Å²) < 4.78 is 7.01. The van der Waals surface area contributed by atoms with Gasteiger partial charge in [0.25, 0.3) is 5.56 Å². The van der Waals surface area contributed by atoms with Crippen molar-refractivity contribution in [2.75, 3.05) is 12.4 Å². The molecule has 1 aromatic heterocycles. The molecule has 0 fully saturated rings. The fraction of sp³-hybridized carbons (Fsp3) is 0.562. The van der Waals surface area contributed by atoms with Crippen molar-refractivity contribution in [2.24, 2.45) is 0 Å². The minimum absolute atomic E-state index is 0.188. The smallest absolute Gasteiger partial charge is 0.333 e. The van der Waals surface area contributed by atoms with Crippen LogP contribution in [0.4, 0.5) is 0 Å².